The molecule has 1 aliphatic rings. The predicted molar refractivity (Wildman–Crippen MR) is 60.6 cm³/mol. The third-order valence-corrected chi connectivity index (χ3v) is 2.74. The van der Waals surface area contributed by atoms with Crippen molar-refractivity contribution in [3.8, 4) is 11.8 Å². The number of nitriles is 1. The zero-order chi connectivity index (χ0) is 12.4. The Kier molecular flexibility index (Phi) is 3.01. The monoisotopic (exact) mass is 231 g/mol. The molecule has 0 saturated carbocycles. The fourth-order valence-corrected chi connectivity index (χ4v) is 1.93. The minimum Gasteiger partial charge on any atom is -0.478 e. The third-order valence-electron chi connectivity index (χ3n) is 2.74. The van der Waals surface area contributed by atoms with Crippen LogP contribution in [0.2, 0.25) is 0 Å². The molecule has 1 saturated heterocycles. The Balaban J connectivity index is 2.27. The van der Waals surface area contributed by atoms with Gasteiger partial charge in [0, 0.05) is 6.42 Å². The van der Waals surface area contributed by atoms with Crippen LogP contribution in [0, 0.1) is 25.2 Å². The summed E-state index contributed by atoms with van der Waals surface area (Å²) in [6, 6.07) is 5.60. The van der Waals surface area contributed by atoms with Gasteiger partial charge in [-0.25, -0.2) is 4.79 Å². The molecule has 1 unspecified atom stereocenters. The Labute approximate surface area is 99.8 Å². The van der Waals surface area contributed by atoms with Crippen LogP contribution in [0.3, 0.4) is 0 Å². The minimum atomic E-state index is -0.514. The van der Waals surface area contributed by atoms with E-state index in [0.29, 0.717) is 24.3 Å². The van der Waals surface area contributed by atoms with Gasteiger partial charge in [-0.1, -0.05) is 0 Å². The molecule has 0 N–H and O–H groups in total. The second-order valence-corrected chi connectivity index (χ2v) is 4.11. The van der Waals surface area contributed by atoms with Gasteiger partial charge in [-0.2, -0.15) is 5.26 Å². The molecule has 0 spiro atoms. The number of hydrogen-bond acceptors (Lipinski definition) is 4. The average molecular weight is 231 g/mol. The lowest BCUT2D eigenvalue weighted by molar-refractivity contribution is -0.143. The second-order valence-electron chi connectivity index (χ2n) is 4.11. The molecule has 0 aromatic heterocycles. The first-order valence-corrected chi connectivity index (χ1v) is 5.46. The number of benzene rings is 1. The van der Waals surface area contributed by atoms with Crippen molar-refractivity contribution in [1.29, 1.82) is 5.26 Å². The van der Waals surface area contributed by atoms with Crippen LogP contribution in [0.5, 0.6) is 5.75 Å². The maximum atomic E-state index is 11.3. The highest BCUT2D eigenvalue weighted by Gasteiger charge is 2.29. The van der Waals surface area contributed by atoms with Crippen LogP contribution in [0.1, 0.15) is 23.1 Å². The third kappa shape index (κ3) is 2.23. The van der Waals surface area contributed by atoms with Gasteiger partial charge < -0.3 is 9.47 Å². The summed E-state index contributed by atoms with van der Waals surface area (Å²) in [6.07, 6.45) is 0.0675. The van der Waals surface area contributed by atoms with Gasteiger partial charge in [0.15, 0.2) is 6.10 Å². The summed E-state index contributed by atoms with van der Waals surface area (Å²) in [4.78, 5) is 11.3. The molecule has 17 heavy (non-hydrogen) atoms. The zero-order valence-electron chi connectivity index (χ0n) is 9.82. The van der Waals surface area contributed by atoms with Crippen molar-refractivity contribution in [2.24, 2.45) is 0 Å². The molecule has 88 valence electrons. The normalized spacial score (nSPS) is 18.6. The molecular formula is C13H13NO3. The maximum Gasteiger partial charge on any atom is 0.347 e. The van der Waals surface area contributed by atoms with Crippen molar-refractivity contribution in [2.45, 2.75) is 26.4 Å². The van der Waals surface area contributed by atoms with E-state index in [1.165, 1.54) is 0 Å². The van der Waals surface area contributed by atoms with Gasteiger partial charge in [-0.15, -0.1) is 0 Å². The van der Waals surface area contributed by atoms with E-state index in [1.807, 2.05) is 13.8 Å². The minimum absolute atomic E-state index is 0.312. The number of cyclic esters (lactones) is 1. The maximum absolute atomic E-state index is 11.3. The van der Waals surface area contributed by atoms with Crippen LogP contribution in [0.4, 0.5) is 0 Å². The summed E-state index contributed by atoms with van der Waals surface area (Å²) in [6.45, 7) is 4.14. The number of carbonyl (C=O) groups is 1. The van der Waals surface area contributed by atoms with Crippen molar-refractivity contribution >= 4 is 5.97 Å². The standard InChI is InChI=1S/C13H13NO3/c1-8-5-10(7-14)6-9(2)12(8)17-11-3-4-16-13(11)15/h5-6,11H,3-4H2,1-2H3. The van der Waals surface area contributed by atoms with Crippen LogP contribution in [-0.4, -0.2) is 18.7 Å². The predicted octanol–water partition coefficient (Wildman–Crippen LogP) is 1.87. The quantitative estimate of drug-likeness (QED) is 0.729. The van der Waals surface area contributed by atoms with Crippen molar-refractivity contribution in [3.63, 3.8) is 0 Å². The summed E-state index contributed by atoms with van der Waals surface area (Å²) >= 11 is 0. The van der Waals surface area contributed by atoms with E-state index in [4.69, 9.17) is 14.7 Å². The highest BCUT2D eigenvalue weighted by Crippen LogP contribution is 2.27. The van der Waals surface area contributed by atoms with E-state index < -0.39 is 6.10 Å². The van der Waals surface area contributed by atoms with Gasteiger partial charge in [0.05, 0.1) is 18.2 Å². The van der Waals surface area contributed by atoms with Crippen molar-refractivity contribution in [3.05, 3.63) is 28.8 Å². The highest BCUT2D eigenvalue weighted by molar-refractivity contribution is 5.77. The molecule has 1 atom stereocenters. The lowest BCUT2D eigenvalue weighted by Gasteiger charge is -2.15. The van der Waals surface area contributed by atoms with Crippen LogP contribution in [0.15, 0.2) is 12.1 Å². The summed E-state index contributed by atoms with van der Waals surface area (Å²) in [7, 11) is 0. The molecule has 4 heteroatoms. The summed E-state index contributed by atoms with van der Waals surface area (Å²) < 4.78 is 10.5. The van der Waals surface area contributed by atoms with Gasteiger partial charge in [0.2, 0.25) is 0 Å². The molecule has 2 rings (SSSR count). The largest absolute Gasteiger partial charge is 0.478 e. The molecule has 0 bridgehead atoms. The SMILES string of the molecule is Cc1cc(C#N)cc(C)c1OC1CCOC1=O. The molecule has 1 aromatic carbocycles. The fourth-order valence-electron chi connectivity index (χ4n) is 1.93. The average Bonchev–Trinajstić information content (AvgIpc) is 2.69. The Morgan fingerprint density at radius 3 is 2.53 bits per heavy atom. The number of ether oxygens (including phenoxy) is 2. The van der Waals surface area contributed by atoms with E-state index in [9.17, 15) is 4.79 Å². The number of esters is 1. The smallest absolute Gasteiger partial charge is 0.347 e. The Bertz CT molecular complexity index is 479. The van der Waals surface area contributed by atoms with Gasteiger partial charge in [0.25, 0.3) is 0 Å². The Morgan fingerprint density at radius 1 is 1.41 bits per heavy atom. The molecule has 0 aliphatic carbocycles. The zero-order valence-corrected chi connectivity index (χ0v) is 9.82. The van der Waals surface area contributed by atoms with Crippen molar-refractivity contribution in [2.75, 3.05) is 6.61 Å². The molecule has 1 aliphatic heterocycles. The van der Waals surface area contributed by atoms with E-state index in [2.05, 4.69) is 6.07 Å². The molecular weight excluding hydrogens is 218 g/mol. The molecule has 0 radical (unpaired) electrons. The van der Waals surface area contributed by atoms with Crippen LogP contribution < -0.4 is 4.74 Å². The first kappa shape index (κ1) is 11.5. The van der Waals surface area contributed by atoms with Gasteiger partial charge in [0.1, 0.15) is 5.75 Å². The lowest BCUT2D eigenvalue weighted by atomic mass is 10.1. The summed E-state index contributed by atoms with van der Waals surface area (Å²) in [5, 5.41) is 8.84. The summed E-state index contributed by atoms with van der Waals surface area (Å²) in [5.74, 6) is 0.362. The molecule has 1 fully saturated rings. The molecule has 1 aromatic rings. The number of hydrogen-bond donors (Lipinski definition) is 0. The van der Waals surface area contributed by atoms with Crippen LogP contribution in [-0.2, 0) is 9.53 Å². The fraction of sp³-hybridized carbons (Fsp3) is 0.385. The topological polar surface area (TPSA) is 59.3 Å². The van der Waals surface area contributed by atoms with E-state index in [1.54, 1.807) is 12.1 Å². The van der Waals surface area contributed by atoms with E-state index in [0.717, 1.165) is 11.1 Å². The molecule has 1 heterocycles. The first-order valence-electron chi connectivity index (χ1n) is 5.46. The van der Waals surface area contributed by atoms with Gasteiger partial charge >= 0.3 is 5.97 Å². The van der Waals surface area contributed by atoms with Crippen LogP contribution in [0.25, 0.3) is 0 Å². The van der Waals surface area contributed by atoms with E-state index in [-0.39, 0.29) is 5.97 Å². The number of aryl methyl sites for hydroxylation is 2. The van der Waals surface area contributed by atoms with E-state index >= 15 is 0 Å². The van der Waals surface area contributed by atoms with Crippen molar-refractivity contribution in [1.82, 2.24) is 0 Å². The summed E-state index contributed by atoms with van der Waals surface area (Å²) in [5.41, 5.74) is 2.32. The number of nitrogens with zero attached hydrogens (tertiary/aromatic N) is 1. The second kappa shape index (κ2) is 4.46. The number of rotatable bonds is 2. The lowest BCUT2D eigenvalue weighted by Crippen LogP contribution is -2.22. The first-order chi connectivity index (χ1) is 8.11. The molecule has 0 amide bonds. The van der Waals surface area contributed by atoms with Crippen LogP contribution >= 0.6 is 0 Å². The Morgan fingerprint density at radius 2 is 2.06 bits per heavy atom. The molecule has 4 nitrogen and oxygen atoms in total. The van der Waals surface area contributed by atoms with Gasteiger partial charge in [-0.05, 0) is 37.1 Å². The highest BCUT2D eigenvalue weighted by atomic mass is 16.6. The van der Waals surface area contributed by atoms with Gasteiger partial charge in [-0.3, -0.25) is 0 Å². The van der Waals surface area contributed by atoms with Crippen molar-refractivity contribution < 1.29 is 14.3 Å². The Hall–Kier alpha value is -2.02. The number of carbonyl (C=O) groups excluding carboxylic acids is 1.